The van der Waals surface area contributed by atoms with Gasteiger partial charge in [0.2, 0.25) is 0 Å². The van der Waals surface area contributed by atoms with Gasteiger partial charge < -0.3 is 5.32 Å². The van der Waals surface area contributed by atoms with Gasteiger partial charge in [0.1, 0.15) is 5.52 Å². The van der Waals surface area contributed by atoms with Crippen LogP contribution in [0.15, 0.2) is 18.2 Å². The summed E-state index contributed by atoms with van der Waals surface area (Å²) < 4.78 is 0. The average Bonchev–Trinajstić information content (AvgIpc) is 2.30. The summed E-state index contributed by atoms with van der Waals surface area (Å²) in [5, 5.41) is 11.4. The number of hydrogen-bond donors (Lipinski definition) is 1. The van der Waals surface area contributed by atoms with Gasteiger partial charge in [-0.3, -0.25) is 4.79 Å². The molecule has 2 aromatic rings. The van der Waals surface area contributed by atoms with E-state index in [4.69, 9.17) is 23.2 Å². The van der Waals surface area contributed by atoms with Crippen molar-refractivity contribution < 1.29 is 4.79 Å². The van der Waals surface area contributed by atoms with E-state index in [1.165, 1.54) is 7.05 Å². The Bertz CT molecular complexity index is 571. The minimum Gasteiger partial charge on any atom is -0.354 e. The van der Waals surface area contributed by atoms with Gasteiger partial charge in [0.05, 0.1) is 10.0 Å². The molecule has 0 atom stereocenters. The lowest BCUT2D eigenvalue weighted by molar-refractivity contribution is 0.0957. The molecule has 82 valence electrons. The second-order valence-corrected chi connectivity index (χ2v) is 3.86. The van der Waals surface area contributed by atoms with E-state index in [0.717, 1.165) is 0 Å². The average molecular weight is 256 g/mol. The molecule has 0 aliphatic carbocycles. The highest BCUT2D eigenvalue weighted by molar-refractivity contribution is 6.40. The molecule has 0 aliphatic rings. The molecule has 0 radical (unpaired) electrons. The summed E-state index contributed by atoms with van der Waals surface area (Å²) in [7, 11) is 1.50. The van der Waals surface area contributed by atoms with E-state index in [1.807, 2.05) is 0 Å². The topological polar surface area (TPSA) is 54.9 Å². The van der Waals surface area contributed by atoms with E-state index < -0.39 is 0 Å². The summed E-state index contributed by atoms with van der Waals surface area (Å²) in [6.07, 6.45) is 0. The van der Waals surface area contributed by atoms with E-state index in [9.17, 15) is 4.79 Å². The molecular weight excluding hydrogens is 249 g/mol. The molecule has 1 N–H and O–H groups in total. The number of carbonyl (C=O) groups excluding carboxylic acids is 1. The molecule has 0 saturated heterocycles. The Kier molecular flexibility index (Phi) is 2.94. The Morgan fingerprint density at radius 1 is 1.31 bits per heavy atom. The number of benzene rings is 1. The fourth-order valence-electron chi connectivity index (χ4n) is 1.33. The molecule has 1 amide bonds. The van der Waals surface area contributed by atoms with Gasteiger partial charge in [-0.2, -0.15) is 0 Å². The van der Waals surface area contributed by atoms with Crippen LogP contribution in [-0.2, 0) is 0 Å². The zero-order chi connectivity index (χ0) is 11.7. The molecule has 0 bridgehead atoms. The largest absolute Gasteiger partial charge is 0.354 e. The van der Waals surface area contributed by atoms with Crippen molar-refractivity contribution in [2.24, 2.45) is 0 Å². The number of nitrogens with one attached hydrogen (secondary N) is 1. The maximum absolute atomic E-state index is 11.4. The third-order valence-electron chi connectivity index (χ3n) is 2.12. The highest BCUT2D eigenvalue weighted by atomic mass is 35.5. The van der Waals surface area contributed by atoms with E-state index in [1.54, 1.807) is 18.2 Å². The van der Waals surface area contributed by atoms with Gasteiger partial charge in [-0.1, -0.05) is 35.3 Å². The van der Waals surface area contributed by atoms with Gasteiger partial charge in [0.25, 0.3) is 5.91 Å². The molecule has 1 aromatic heterocycles. The van der Waals surface area contributed by atoms with Gasteiger partial charge in [-0.05, 0) is 6.07 Å². The number of carbonyl (C=O) groups is 1. The van der Waals surface area contributed by atoms with Crippen molar-refractivity contribution in [2.45, 2.75) is 0 Å². The van der Waals surface area contributed by atoms with Crippen LogP contribution in [0.5, 0.6) is 0 Å². The molecule has 4 nitrogen and oxygen atoms in total. The summed E-state index contributed by atoms with van der Waals surface area (Å²) in [5.41, 5.74) is 0.584. The SMILES string of the molecule is CNC(=O)c1nnc2c(Cl)cccc2c1Cl. The summed E-state index contributed by atoms with van der Waals surface area (Å²) in [6.45, 7) is 0. The number of aromatic nitrogens is 2. The molecular formula is C10H7Cl2N3O. The first kappa shape index (κ1) is 11.1. The first-order chi connectivity index (χ1) is 7.65. The Hall–Kier alpha value is -1.39. The van der Waals surface area contributed by atoms with E-state index in [-0.39, 0.29) is 16.6 Å². The Morgan fingerprint density at radius 2 is 2.06 bits per heavy atom. The lowest BCUT2D eigenvalue weighted by Crippen LogP contribution is -2.20. The maximum atomic E-state index is 11.4. The van der Waals surface area contributed by atoms with E-state index in [2.05, 4.69) is 15.5 Å². The quantitative estimate of drug-likeness (QED) is 0.851. The number of amides is 1. The molecule has 0 spiro atoms. The monoisotopic (exact) mass is 255 g/mol. The van der Waals surface area contributed by atoms with Gasteiger partial charge >= 0.3 is 0 Å². The molecule has 0 saturated carbocycles. The molecule has 0 aliphatic heterocycles. The minimum absolute atomic E-state index is 0.0962. The molecule has 16 heavy (non-hydrogen) atoms. The number of nitrogens with zero attached hydrogens (tertiary/aromatic N) is 2. The second kappa shape index (κ2) is 4.23. The van der Waals surface area contributed by atoms with E-state index in [0.29, 0.717) is 15.9 Å². The highest BCUT2D eigenvalue weighted by Crippen LogP contribution is 2.28. The third-order valence-corrected chi connectivity index (χ3v) is 2.81. The van der Waals surface area contributed by atoms with Crippen molar-refractivity contribution >= 4 is 40.0 Å². The van der Waals surface area contributed by atoms with Crippen molar-refractivity contribution in [3.8, 4) is 0 Å². The lowest BCUT2D eigenvalue weighted by Gasteiger charge is -2.05. The zero-order valence-corrected chi connectivity index (χ0v) is 9.80. The molecule has 1 aromatic carbocycles. The predicted octanol–water partition coefficient (Wildman–Crippen LogP) is 2.30. The van der Waals surface area contributed by atoms with Crippen LogP contribution in [0.2, 0.25) is 10.0 Å². The van der Waals surface area contributed by atoms with Gasteiger partial charge in [-0.15, -0.1) is 10.2 Å². The number of hydrogen-bond acceptors (Lipinski definition) is 3. The molecule has 6 heteroatoms. The first-order valence-corrected chi connectivity index (χ1v) is 5.23. The van der Waals surface area contributed by atoms with Crippen LogP contribution >= 0.6 is 23.2 Å². The zero-order valence-electron chi connectivity index (χ0n) is 8.29. The first-order valence-electron chi connectivity index (χ1n) is 4.47. The number of fused-ring (bicyclic) bond motifs is 1. The fourth-order valence-corrected chi connectivity index (χ4v) is 1.82. The van der Waals surface area contributed by atoms with Crippen molar-refractivity contribution in [3.63, 3.8) is 0 Å². The fraction of sp³-hybridized carbons (Fsp3) is 0.100. The number of rotatable bonds is 1. The van der Waals surface area contributed by atoms with Crippen LogP contribution in [-0.4, -0.2) is 23.2 Å². The standard InChI is InChI=1S/C10H7Cl2N3O/c1-13-10(16)9-7(12)5-3-2-4-6(11)8(5)14-15-9/h2-4H,1H3,(H,13,16). The highest BCUT2D eigenvalue weighted by Gasteiger charge is 2.15. The van der Waals surface area contributed by atoms with Gasteiger partial charge in [0.15, 0.2) is 5.69 Å². The molecule has 0 fully saturated rings. The molecule has 2 rings (SSSR count). The van der Waals surface area contributed by atoms with Crippen LogP contribution in [0, 0.1) is 0 Å². The summed E-state index contributed by atoms with van der Waals surface area (Å²) >= 11 is 12.0. The van der Waals surface area contributed by atoms with Gasteiger partial charge in [-0.25, -0.2) is 0 Å². The number of halogens is 2. The second-order valence-electron chi connectivity index (χ2n) is 3.08. The van der Waals surface area contributed by atoms with Gasteiger partial charge in [0, 0.05) is 12.4 Å². The van der Waals surface area contributed by atoms with Crippen molar-refractivity contribution in [2.75, 3.05) is 7.05 Å². The molecule has 1 heterocycles. The normalized spacial score (nSPS) is 10.4. The van der Waals surface area contributed by atoms with E-state index >= 15 is 0 Å². The smallest absolute Gasteiger partial charge is 0.273 e. The van der Waals surface area contributed by atoms with Crippen molar-refractivity contribution in [1.82, 2.24) is 15.5 Å². The lowest BCUT2D eigenvalue weighted by atomic mass is 10.2. The third kappa shape index (κ3) is 1.70. The summed E-state index contributed by atoms with van der Waals surface area (Å²) in [5.74, 6) is -0.376. The van der Waals surface area contributed by atoms with Crippen LogP contribution in [0.4, 0.5) is 0 Å². The summed E-state index contributed by atoms with van der Waals surface area (Å²) in [4.78, 5) is 11.4. The maximum Gasteiger partial charge on any atom is 0.273 e. The van der Waals surface area contributed by atoms with Crippen LogP contribution in [0.25, 0.3) is 10.9 Å². The Balaban J connectivity index is 2.75. The van der Waals surface area contributed by atoms with Crippen LogP contribution in [0.3, 0.4) is 0 Å². The summed E-state index contributed by atoms with van der Waals surface area (Å²) in [6, 6.07) is 5.17. The minimum atomic E-state index is -0.376. The van der Waals surface area contributed by atoms with Crippen molar-refractivity contribution in [1.29, 1.82) is 0 Å². The van der Waals surface area contributed by atoms with Crippen LogP contribution < -0.4 is 5.32 Å². The molecule has 0 unspecified atom stereocenters. The van der Waals surface area contributed by atoms with Crippen molar-refractivity contribution in [3.05, 3.63) is 33.9 Å². The Labute approximate surface area is 102 Å². The Morgan fingerprint density at radius 3 is 2.75 bits per heavy atom. The van der Waals surface area contributed by atoms with Crippen LogP contribution in [0.1, 0.15) is 10.5 Å². The predicted molar refractivity (Wildman–Crippen MR) is 62.9 cm³/mol.